The number of morpholine rings is 1. The zero-order valence-corrected chi connectivity index (χ0v) is 19.0. The number of nitrogens with zero attached hydrogens (tertiary/aromatic N) is 2. The summed E-state index contributed by atoms with van der Waals surface area (Å²) in [6, 6.07) is 1.68. The lowest BCUT2D eigenvalue weighted by Gasteiger charge is -2.30. The van der Waals surface area contributed by atoms with Gasteiger partial charge in [-0.3, -0.25) is 9.69 Å². The third-order valence-electron chi connectivity index (χ3n) is 6.21. The summed E-state index contributed by atoms with van der Waals surface area (Å²) in [5.74, 6) is 2.09. The van der Waals surface area contributed by atoms with Crippen molar-refractivity contribution >= 4 is 6.29 Å². The van der Waals surface area contributed by atoms with Crippen molar-refractivity contribution in [3.63, 3.8) is 0 Å². The van der Waals surface area contributed by atoms with Crippen LogP contribution >= 0.6 is 0 Å². The standard InChI is InChI=1S/C26H36N2O4/c1-2-3-4-5-6-9-22-10-7-8-11-23(22)21-32-25-19-27-26(18-24(25)20-29)31-17-14-28-12-15-30-16-13-28/h2-6,18-20,22-23H,1,7-17,21H2/b4-3-,6-5-. The zero-order chi connectivity index (χ0) is 22.4. The summed E-state index contributed by atoms with van der Waals surface area (Å²) in [7, 11) is 0. The van der Waals surface area contributed by atoms with Crippen molar-refractivity contribution in [2.75, 3.05) is 46.1 Å². The van der Waals surface area contributed by atoms with Crippen molar-refractivity contribution in [1.82, 2.24) is 9.88 Å². The second-order valence-electron chi connectivity index (χ2n) is 8.38. The highest BCUT2D eigenvalue weighted by Gasteiger charge is 2.25. The highest BCUT2D eigenvalue weighted by atomic mass is 16.5. The number of aldehydes is 1. The fourth-order valence-electron chi connectivity index (χ4n) is 4.32. The van der Waals surface area contributed by atoms with Crippen molar-refractivity contribution in [1.29, 1.82) is 0 Å². The summed E-state index contributed by atoms with van der Waals surface area (Å²) in [6.07, 6.45) is 18.4. The van der Waals surface area contributed by atoms with E-state index in [0.29, 0.717) is 42.2 Å². The van der Waals surface area contributed by atoms with Crippen LogP contribution < -0.4 is 9.47 Å². The van der Waals surface area contributed by atoms with E-state index in [0.717, 1.165) is 52.0 Å². The third-order valence-corrected chi connectivity index (χ3v) is 6.21. The Morgan fingerprint density at radius 2 is 1.94 bits per heavy atom. The van der Waals surface area contributed by atoms with E-state index in [4.69, 9.17) is 14.2 Å². The van der Waals surface area contributed by atoms with Crippen molar-refractivity contribution in [2.24, 2.45) is 11.8 Å². The number of aromatic nitrogens is 1. The molecule has 1 aromatic heterocycles. The van der Waals surface area contributed by atoms with Crippen LogP contribution in [0.4, 0.5) is 0 Å². The predicted molar refractivity (Wildman–Crippen MR) is 126 cm³/mol. The highest BCUT2D eigenvalue weighted by molar-refractivity contribution is 5.79. The molecule has 6 heteroatoms. The molecule has 1 aromatic rings. The van der Waals surface area contributed by atoms with Gasteiger partial charge in [0.1, 0.15) is 12.4 Å². The Balaban J connectivity index is 1.49. The van der Waals surface area contributed by atoms with Gasteiger partial charge in [-0.15, -0.1) is 0 Å². The van der Waals surface area contributed by atoms with Gasteiger partial charge >= 0.3 is 0 Å². The van der Waals surface area contributed by atoms with Crippen molar-refractivity contribution in [2.45, 2.75) is 32.1 Å². The lowest BCUT2D eigenvalue weighted by atomic mass is 9.78. The van der Waals surface area contributed by atoms with E-state index in [1.165, 1.54) is 19.3 Å². The molecule has 32 heavy (non-hydrogen) atoms. The number of rotatable bonds is 12. The first-order valence-corrected chi connectivity index (χ1v) is 11.7. The molecule has 174 valence electrons. The SMILES string of the molecule is C=C/C=C\C=C/CC1CCCCC1COc1cnc(OCCN2CCOCC2)cc1C=O. The Bertz CT molecular complexity index is 771. The molecule has 2 fully saturated rings. The Hall–Kier alpha value is -2.44. The molecule has 2 unspecified atom stereocenters. The number of ether oxygens (including phenoxy) is 3. The molecule has 2 aliphatic rings. The first kappa shape index (κ1) is 24.2. The van der Waals surface area contributed by atoms with Crippen LogP contribution in [0.25, 0.3) is 0 Å². The van der Waals surface area contributed by atoms with Gasteiger partial charge in [-0.2, -0.15) is 0 Å². The summed E-state index contributed by atoms with van der Waals surface area (Å²) >= 11 is 0. The maximum atomic E-state index is 11.6. The Kier molecular flexibility index (Phi) is 10.5. The minimum Gasteiger partial charge on any atom is -0.491 e. The van der Waals surface area contributed by atoms with Crippen LogP contribution in [0.5, 0.6) is 11.6 Å². The number of carbonyl (C=O) groups excluding carboxylic acids is 1. The molecule has 1 saturated heterocycles. The smallest absolute Gasteiger partial charge is 0.214 e. The molecule has 2 atom stereocenters. The summed E-state index contributed by atoms with van der Waals surface area (Å²) in [4.78, 5) is 18.3. The lowest BCUT2D eigenvalue weighted by Crippen LogP contribution is -2.38. The first-order chi connectivity index (χ1) is 15.8. The maximum Gasteiger partial charge on any atom is 0.214 e. The van der Waals surface area contributed by atoms with E-state index in [9.17, 15) is 4.79 Å². The van der Waals surface area contributed by atoms with Crippen molar-refractivity contribution < 1.29 is 19.0 Å². The minimum absolute atomic E-state index is 0.459. The summed E-state index contributed by atoms with van der Waals surface area (Å²) in [5, 5.41) is 0. The Labute approximate surface area is 191 Å². The largest absolute Gasteiger partial charge is 0.491 e. The normalized spacial score (nSPS) is 22.2. The lowest BCUT2D eigenvalue weighted by molar-refractivity contribution is 0.0320. The average molecular weight is 441 g/mol. The minimum atomic E-state index is 0.459. The summed E-state index contributed by atoms with van der Waals surface area (Å²) in [5.41, 5.74) is 0.489. The van der Waals surface area contributed by atoms with E-state index >= 15 is 0 Å². The maximum absolute atomic E-state index is 11.6. The van der Waals surface area contributed by atoms with Gasteiger partial charge in [0.15, 0.2) is 6.29 Å². The molecule has 0 spiro atoms. The van der Waals surface area contributed by atoms with Gasteiger partial charge in [0, 0.05) is 25.7 Å². The van der Waals surface area contributed by atoms with Gasteiger partial charge < -0.3 is 14.2 Å². The molecule has 0 N–H and O–H groups in total. The van der Waals surface area contributed by atoms with Gasteiger partial charge in [0.25, 0.3) is 0 Å². The molecular weight excluding hydrogens is 404 g/mol. The molecule has 0 amide bonds. The van der Waals surface area contributed by atoms with E-state index in [1.807, 2.05) is 12.2 Å². The van der Waals surface area contributed by atoms with Crippen LogP contribution in [-0.2, 0) is 4.74 Å². The number of pyridine rings is 1. The molecule has 1 aliphatic heterocycles. The van der Waals surface area contributed by atoms with Crippen LogP contribution in [0.3, 0.4) is 0 Å². The number of allylic oxidation sites excluding steroid dienone is 5. The predicted octanol–water partition coefficient (Wildman–Crippen LogP) is 4.48. The van der Waals surface area contributed by atoms with E-state index in [-0.39, 0.29) is 0 Å². The molecule has 1 aliphatic carbocycles. The van der Waals surface area contributed by atoms with E-state index in [1.54, 1.807) is 18.3 Å². The number of hydrogen-bond acceptors (Lipinski definition) is 6. The number of hydrogen-bond donors (Lipinski definition) is 0. The monoisotopic (exact) mass is 440 g/mol. The molecule has 2 heterocycles. The van der Waals surface area contributed by atoms with Crippen LogP contribution in [0.1, 0.15) is 42.5 Å². The van der Waals surface area contributed by atoms with Crippen molar-refractivity contribution in [3.8, 4) is 11.6 Å². The fraction of sp³-hybridized carbons (Fsp3) is 0.538. The van der Waals surface area contributed by atoms with E-state index in [2.05, 4.69) is 28.6 Å². The molecule has 1 saturated carbocycles. The average Bonchev–Trinajstić information content (AvgIpc) is 2.84. The van der Waals surface area contributed by atoms with Gasteiger partial charge in [0.05, 0.1) is 31.6 Å². The molecule has 6 nitrogen and oxygen atoms in total. The van der Waals surface area contributed by atoms with Gasteiger partial charge in [-0.25, -0.2) is 4.98 Å². The zero-order valence-electron chi connectivity index (χ0n) is 19.0. The quantitative estimate of drug-likeness (QED) is 0.353. The summed E-state index contributed by atoms with van der Waals surface area (Å²) < 4.78 is 17.2. The second-order valence-corrected chi connectivity index (χ2v) is 8.38. The third kappa shape index (κ3) is 7.92. The topological polar surface area (TPSA) is 60.9 Å². The van der Waals surface area contributed by atoms with Gasteiger partial charge in [0.2, 0.25) is 5.88 Å². The fourth-order valence-corrected chi connectivity index (χ4v) is 4.32. The van der Waals surface area contributed by atoms with E-state index < -0.39 is 0 Å². The van der Waals surface area contributed by atoms with Crippen LogP contribution in [0.15, 0.2) is 49.2 Å². The molecule has 0 aromatic carbocycles. The highest BCUT2D eigenvalue weighted by Crippen LogP contribution is 2.33. The molecule has 0 radical (unpaired) electrons. The van der Waals surface area contributed by atoms with Gasteiger partial charge in [-0.05, 0) is 31.1 Å². The first-order valence-electron chi connectivity index (χ1n) is 11.7. The Morgan fingerprint density at radius 3 is 2.72 bits per heavy atom. The molecule has 3 rings (SSSR count). The van der Waals surface area contributed by atoms with Gasteiger partial charge in [-0.1, -0.05) is 49.8 Å². The molecular formula is C26H36N2O4. The molecule has 0 bridgehead atoms. The van der Waals surface area contributed by atoms with Crippen molar-refractivity contribution in [3.05, 3.63) is 54.8 Å². The number of carbonyl (C=O) groups is 1. The van der Waals surface area contributed by atoms with Crippen LogP contribution in [-0.4, -0.2) is 62.2 Å². The van der Waals surface area contributed by atoms with Crippen LogP contribution in [0, 0.1) is 11.8 Å². The Morgan fingerprint density at radius 1 is 1.12 bits per heavy atom. The summed E-state index contributed by atoms with van der Waals surface area (Å²) in [6.45, 7) is 9.03. The van der Waals surface area contributed by atoms with Crippen LogP contribution in [0.2, 0.25) is 0 Å². The second kappa shape index (κ2) is 13.9.